The van der Waals surface area contributed by atoms with Crippen molar-refractivity contribution in [2.45, 2.75) is 37.4 Å². The standard InChI is InChI=1S/C22H20ClF3N5O3/c1-11-6-17(20(34)18(11)32)29-21-14(8-27-10-28-21)19(33)16-4-5-31(30-16)9-12-7-13(22(24,25)26)2-3-15(12)23/h2-5,7-8,10-11,17-18,20,32,34H,1,6,9H2,(H,27,28,29)/t11-,17-,18-,20+/m1/s1. The van der Waals surface area contributed by atoms with Crippen molar-refractivity contribution < 1.29 is 28.2 Å². The Kier molecular flexibility index (Phi) is 6.61. The maximum atomic E-state index is 13.1. The van der Waals surface area contributed by atoms with Crippen molar-refractivity contribution in [2.75, 3.05) is 5.32 Å². The topological polar surface area (TPSA) is 113 Å². The number of rotatable bonds is 6. The van der Waals surface area contributed by atoms with Crippen LogP contribution in [0.5, 0.6) is 0 Å². The van der Waals surface area contributed by atoms with Crippen LogP contribution in [0, 0.1) is 12.8 Å². The number of alkyl halides is 3. The predicted octanol–water partition coefficient (Wildman–Crippen LogP) is 2.98. The molecule has 0 spiro atoms. The Morgan fingerprint density at radius 1 is 1.26 bits per heavy atom. The smallest absolute Gasteiger partial charge is 0.390 e. The lowest BCUT2D eigenvalue weighted by Gasteiger charge is -2.19. The third-order valence-corrected chi connectivity index (χ3v) is 6.03. The minimum Gasteiger partial charge on any atom is -0.390 e. The van der Waals surface area contributed by atoms with Crippen LogP contribution in [0.3, 0.4) is 0 Å². The van der Waals surface area contributed by atoms with Crippen LogP contribution >= 0.6 is 11.6 Å². The highest BCUT2D eigenvalue weighted by Crippen LogP contribution is 2.32. The molecule has 1 saturated carbocycles. The number of ketones is 1. The summed E-state index contributed by atoms with van der Waals surface area (Å²) in [5.41, 5.74) is -0.543. The quantitative estimate of drug-likeness (QED) is 0.451. The summed E-state index contributed by atoms with van der Waals surface area (Å²) in [6, 6.07) is 3.85. The fourth-order valence-electron chi connectivity index (χ4n) is 3.81. The first kappa shape index (κ1) is 24.1. The van der Waals surface area contributed by atoms with Gasteiger partial charge in [-0.25, -0.2) is 9.97 Å². The Labute approximate surface area is 197 Å². The summed E-state index contributed by atoms with van der Waals surface area (Å²) in [7, 11) is 0. The van der Waals surface area contributed by atoms with Crippen LogP contribution in [0.25, 0.3) is 0 Å². The maximum Gasteiger partial charge on any atom is 0.416 e. The van der Waals surface area contributed by atoms with Gasteiger partial charge in [0.2, 0.25) is 5.78 Å². The Bertz CT molecular complexity index is 1200. The molecule has 1 aliphatic carbocycles. The number of nitrogens with one attached hydrogen (secondary N) is 1. The lowest BCUT2D eigenvalue weighted by atomic mass is 10.1. The second-order valence-corrected chi connectivity index (χ2v) is 8.45. The molecule has 1 aromatic carbocycles. The van der Waals surface area contributed by atoms with E-state index >= 15 is 0 Å². The molecule has 2 heterocycles. The van der Waals surface area contributed by atoms with E-state index in [1.54, 1.807) is 0 Å². The monoisotopic (exact) mass is 494 g/mol. The van der Waals surface area contributed by atoms with Crippen LogP contribution in [0.1, 0.15) is 33.6 Å². The van der Waals surface area contributed by atoms with Gasteiger partial charge in [0.05, 0.1) is 29.8 Å². The van der Waals surface area contributed by atoms with Crippen LogP contribution in [0.4, 0.5) is 19.0 Å². The van der Waals surface area contributed by atoms with Crippen LogP contribution in [0.15, 0.2) is 43.0 Å². The van der Waals surface area contributed by atoms with E-state index in [9.17, 15) is 28.2 Å². The fourth-order valence-corrected chi connectivity index (χ4v) is 3.99. The third kappa shape index (κ3) is 4.91. The molecule has 4 rings (SSSR count). The van der Waals surface area contributed by atoms with Crippen molar-refractivity contribution in [2.24, 2.45) is 5.92 Å². The van der Waals surface area contributed by atoms with E-state index in [0.717, 1.165) is 12.1 Å². The molecule has 1 fully saturated rings. The largest absolute Gasteiger partial charge is 0.416 e. The minimum absolute atomic E-state index is 0.0167. The molecule has 0 saturated heterocycles. The second-order valence-electron chi connectivity index (χ2n) is 8.04. The molecule has 34 heavy (non-hydrogen) atoms. The van der Waals surface area contributed by atoms with Crippen LogP contribution in [-0.4, -0.2) is 54.0 Å². The SMILES string of the molecule is [CH2][C@@H]1C[C@@H](Nc2ncncc2C(=O)c2ccn(Cc3cc(C(F)(F)F)ccc3Cl)n2)[C@H](O)[C@@H]1O. The zero-order chi connectivity index (χ0) is 24.6. The molecule has 3 aromatic rings. The van der Waals surface area contributed by atoms with Crippen LogP contribution < -0.4 is 5.32 Å². The van der Waals surface area contributed by atoms with Crippen molar-refractivity contribution in [1.29, 1.82) is 0 Å². The van der Waals surface area contributed by atoms with E-state index in [4.69, 9.17) is 11.6 Å². The van der Waals surface area contributed by atoms with E-state index in [1.165, 1.54) is 35.5 Å². The Morgan fingerprint density at radius 2 is 2.03 bits per heavy atom. The van der Waals surface area contributed by atoms with Crippen molar-refractivity contribution in [3.05, 3.63) is 77.3 Å². The number of halogens is 4. The number of hydrogen-bond acceptors (Lipinski definition) is 7. The molecule has 0 bridgehead atoms. The van der Waals surface area contributed by atoms with Gasteiger partial charge in [0.1, 0.15) is 23.9 Å². The van der Waals surface area contributed by atoms with Crippen LogP contribution in [-0.2, 0) is 12.7 Å². The van der Waals surface area contributed by atoms with Crippen LogP contribution in [0.2, 0.25) is 5.02 Å². The lowest BCUT2D eigenvalue weighted by molar-refractivity contribution is -0.137. The van der Waals surface area contributed by atoms with E-state index in [2.05, 4.69) is 27.3 Å². The molecule has 0 aliphatic heterocycles. The maximum absolute atomic E-state index is 13.1. The normalized spacial score (nSPS) is 22.7. The number of carbonyl (C=O) groups excluding carboxylic acids is 1. The van der Waals surface area contributed by atoms with E-state index in [1.807, 2.05) is 0 Å². The molecule has 2 aromatic heterocycles. The lowest BCUT2D eigenvalue weighted by Crippen LogP contribution is -2.35. The summed E-state index contributed by atoms with van der Waals surface area (Å²) in [6.45, 7) is 3.71. The molecule has 0 unspecified atom stereocenters. The number of anilines is 1. The molecular formula is C22H20ClF3N5O3. The average molecular weight is 495 g/mol. The first-order chi connectivity index (χ1) is 16.0. The van der Waals surface area contributed by atoms with Gasteiger partial charge >= 0.3 is 6.18 Å². The van der Waals surface area contributed by atoms with Gasteiger partial charge in [-0.15, -0.1) is 0 Å². The molecular weight excluding hydrogens is 475 g/mol. The number of aliphatic hydroxyl groups is 2. The number of benzene rings is 1. The molecule has 0 amide bonds. The fraction of sp³-hybridized carbons (Fsp3) is 0.318. The number of nitrogens with zero attached hydrogens (tertiary/aromatic N) is 4. The van der Waals surface area contributed by atoms with Crippen molar-refractivity contribution >= 4 is 23.2 Å². The summed E-state index contributed by atoms with van der Waals surface area (Å²) in [5.74, 6) is -0.760. The molecule has 1 aliphatic rings. The summed E-state index contributed by atoms with van der Waals surface area (Å²) in [5, 5.41) is 27.4. The van der Waals surface area contributed by atoms with E-state index in [-0.39, 0.29) is 40.1 Å². The highest BCUT2D eigenvalue weighted by atomic mass is 35.5. The number of carbonyl (C=O) groups is 1. The van der Waals surface area contributed by atoms with Gasteiger partial charge in [0, 0.05) is 17.4 Å². The molecule has 1 radical (unpaired) electrons. The number of aliphatic hydroxyl groups excluding tert-OH is 2. The molecule has 8 nitrogen and oxygen atoms in total. The number of aromatic nitrogens is 4. The summed E-state index contributed by atoms with van der Waals surface area (Å²) < 4.78 is 40.4. The van der Waals surface area contributed by atoms with Crippen molar-refractivity contribution in [3.63, 3.8) is 0 Å². The second kappa shape index (κ2) is 9.32. The zero-order valence-corrected chi connectivity index (χ0v) is 18.3. The van der Waals surface area contributed by atoms with Gasteiger partial charge in [-0.05, 0) is 49.1 Å². The minimum atomic E-state index is -4.52. The molecule has 4 atom stereocenters. The van der Waals surface area contributed by atoms with Gasteiger partial charge in [-0.2, -0.15) is 18.3 Å². The van der Waals surface area contributed by atoms with Gasteiger partial charge in [0.15, 0.2) is 0 Å². The highest BCUT2D eigenvalue weighted by Gasteiger charge is 2.39. The van der Waals surface area contributed by atoms with Gasteiger partial charge < -0.3 is 15.5 Å². The Morgan fingerprint density at radius 3 is 2.71 bits per heavy atom. The average Bonchev–Trinajstić information content (AvgIpc) is 3.35. The van der Waals surface area contributed by atoms with Gasteiger partial charge in [-0.1, -0.05) is 11.6 Å². The zero-order valence-electron chi connectivity index (χ0n) is 17.6. The Hall–Kier alpha value is -3.02. The molecule has 3 N–H and O–H groups in total. The molecule has 12 heteroatoms. The van der Waals surface area contributed by atoms with Crippen molar-refractivity contribution in [3.8, 4) is 0 Å². The first-order valence-electron chi connectivity index (χ1n) is 10.2. The summed E-state index contributed by atoms with van der Waals surface area (Å²) in [6.07, 6.45) is -2.27. The van der Waals surface area contributed by atoms with Gasteiger partial charge in [-0.3, -0.25) is 9.48 Å². The molecule has 179 valence electrons. The van der Waals surface area contributed by atoms with Gasteiger partial charge in [0.25, 0.3) is 0 Å². The number of hydrogen-bond donors (Lipinski definition) is 3. The summed E-state index contributed by atoms with van der Waals surface area (Å²) >= 11 is 6.05. The Balaban J connectivity index is 1.54. The highest BCUT2D eigenvalue weighted by molar-refractivity contribution is 6.31. The van der Waals surface area contributed by atoms with E-state index in [0.29, 0.717) is 6.42 Å². The first-order valence-corrected chi connectivity index (χ1v) is 10.6. The van der Waals surface area contributed by atoms with E-state index < -0.39 is 35.8 Å². The summed E-state index contributed by atoms with van der Waals surface area (Å²) in [4.78, 5) is 21.0. The predicted molar refractivity (Wildman–Crippen MR) is 116 cm³/mol. The third-order valence-electron chi connectivity index (χ3n) is 5.66. The van der Waals surface area contributed by atoms with Crippen molar-refractivity contribution in [1.82, 2.24) is 19.7 Å².